The molecule has 4 nitrogen and oxygen atoms in total. The molecular formula is C3H7O4P. The first-order valence-corrected chi connectivity index (χ1v) is 3.51. The third-order valence-electron chi connectivity index (χ3n) is 0.523. The molecule has 0 aliphatic rings. The van der Waals surface area contributed by atoms with Crippen LogP contribution in [0.25, 0.3) is 0 Å². The van der Waals surface area contributed by atoms with Gasteiger partial charge in [0.15, 0.2) is 8.03 Å². The summed E-state index contributed by atoms with van der Waals surface area (Å²) < 4.78 is 13.9. The van der Waals surface area contributed by atoms with Gasteiger partial charge in [0.25, 0.3) is 0 Å². The summed E-state index contributed by atoms with van der Waals surface area (Å²) in [4.78, 5) is 18.2. The molecule has 0 aromatic rings. The van der Waals surface area contributed by atoms with Crippen LogP contribution in [-0.2, 0) is 14.1 Å². The Bertz CT molecular complexity index is 110. The van der Waals surface area contributed by atoms with Gasteiger partial charge in [0.2, 0.25) is 0 Å². The van der Waals surface area contributed by atoms with Crippen LogP contribution in [0.15, 0.2) is 0 Å². The van der Waals surface area contributed by atoms with E-state index in [-0.39, 0.29) is 6.16 Å². The van der Waals surface area contributed by atoms with E-state index in [1.165, 1.54) is 7.11 Å². The molecule has 0 aliphatic heterocycles. The SMILES string of the molecule is COC(=O)C[PH](=O)O. The molecule has 0 spiro atoms. The number of rotatable bonds is 2. The van der Waals surface area contributed by atoms with E-state index in [9.17, 15) is 9.36 Å². The highest BCUT2D eigenvalue weighted by Crippen LogP contribution is 2.10. The largest absolute Gasteiger partial charge is 0.469 e. The molecule has 5 heteroatoms. The minimum Gasteiger partial charge on any atom is -0.469 e. The Morgan fingerprint density at radius 1 is 1.88 bits per heavy atom. The maximum absolute atomic E-state index is 10.1. The summed E-state index contributed by atoms with van der Waals surface area (Å²) in [5.41, 5.74) is 0. The summed E-state index contributed by atoms with van der Waals surface area (Å²) in [7, 11) is -1.50. The zero-order valence-electron chi connectivity index (χ0n) is 4.38. The third kappa shape index (κ3) is 3.84. The number of carbonyl (C=O) groups is 1. The maximum atomic E-state index is 10.1. The highest BCUT2D eigenvalue weighted by atomic mass is 31.1. The lowest BCUT2D eigenvalue weighted by atomic mass is 10.8. The van der Waals surface area contributed by atoms with E-state index >= 15 is 0 Å². The monoisotopic (exact) mass is 138 g/mol. The van der Waals surface area contributed by atoms with E-state index < -0.39 is 14.0 Å². The Labute approximate surface area is 47.3 Å². The first-order valence-electron chi connectivity index (χ1n) is 1.95. The van der Waals surface area contributed by atoms with Gasteiger partial charge in [-0.3, -0.25) is 9.36 Å². The molecule has 0 aromatic heterocycles. The molecule has 48 valence electrons. The molecule has 0 saturated carbocycles. The number of hydrogen-bond donors (Lipinski definition) is 1. The standard InChI is InChI=1S/C3H7O4P/c1-7-3(4)2-8(5)6/h8H,2H2,1H3,(H,5,6). The summed E-state index contributed by atoms with van der Waals surface area (Å²) in [6.07, 6.45) is -0.374. The average Bonchev–Trinajstić information content (AvgIpc) is 1.65. The Kier molecular flexibility index (Phi) is 3.48. The van der Waals surface area contributed by atoms with Crippen molar-refractivity contribution in [3.8, 4) is 0 Å². The van der Waals surface area contributed by atoms with Crippen LogP contribution in [0.3, 0.4) is 0 Å². The van der Waals surface area contributed by atoms with E-state index in [1.807, 2.05) is 0 Å². The highest BCUT2D eigenvalue weighted by Gasteiger charge is 2.01. The molecule has 0 saturated heterocycles. The van der Waals surface area contributed by atoms with Crippen molar-refractivity contribution in [2.75, 3.05) is 13.3 Å². The summed E-state index contributed by atoms with van der Waals surface area (Å²) in [5, 5.41) is 0. The van der Waals surface area contributed by atoms with Crippen LogP contribution in [0.2, 0.25) is 0 Å². The quantitative estimate of drug-likeness (QED) is 0.417. The van der Waals surface area contributed by atoms with Crippen LogP contribution >= 0.6 is 8.03 Å². The van der Waals surface area contributed by atoms with Crippen molar-refractivity contribution in [3.05, 3.63) is 0 Å². The third-order valence-corrected chi connectivity index (χ3v) is 1.11. The predicted molar refractivity (Wildman–Crippen MR) is 28.1 cm³/mol. The summed E-state index contributed by atoms with van der Waals surface area (Å²) >= 11 is 0. The van der Waals surface area contributed by atoms with Crippen LogP contribution in [0, 0.1) is 0 Å². The molecule has 0 heterocycles. The Balaban J connectivity index is 3.40. The van der Waals surface area contributed by atoms with Gasteiger partial charge in [0.1, 0.15) is 6.16 Å². The molecule has 8 heavy (non-hydrogen) atoms. The molecule has 0 fully saturated rings. The van der Waals surface area contributed by atoms with Gasteiger partial charge >= 0.3 is 5.97 Å². The fourth-order valence-electron chi connectivity index (χ4n) is 0.196. The fraction of sp³-hybridized carbons (Fsp3) is 0.667. The lowest BCUT2D eigenvalue weighted by molar-refractivity contribution is -0.137. The van der Waals surface area contributed by atoms with Crippen LogP contribution in [-0.4, -0.2) is 24.1 Å². The van der Waals surface area contributed by atoms with Crippen LogP contribution in [0.1, 0.15) is 0 Å². The van der Waals surface area contributed by atoms with Gasteiger partial charge < -0.3 is 9.63 Å². The van der Waals surface area contributed by atoms with Crippen LogP contribution < -0.4 is 0 Å². The summed E-state index contributed by atoms with van der Waals surface area (Å²) in [6, 6.07) is 0. The second kappa shape index (κ2) is 3.64. The lowest BCUT2D eigenvalue weighted by Crippen LogP contribution is -2.02. The normalized spacial score (nSPS) is 12.8. The van der Waals surface area contributed by atoms with Gasteiger partial charge in [-0.15, -0.1) is 0 Å². The van der Waals surface area contributed by atoms with Crippen LogP contribution in [0.4, 0.5) is 0 Å². The van der Waals surface area contributed by atoms with E-state index in [1.54, 1.807) is 0 Å². The first-order chi connectivity index (χ1) is 3.66. The summed E-state index contributed by atoms with van der Waals surface area (Å²) in [6.45, 7) is 0. The van der Waals surface area contributed by atoms with Crippen molar-refractivity contribution in [2.24, 2.45) is 0 Å². The lowest BCUT2D eigenvalue weighted by Gasteiger charge is -1.91. The number of ether oxygens (including phenoxy) is 1. The topological polar surface area (TPSA) is 63.6 Å². The smallest absolute Gasteiger partial charge is 0.315 e. The molecule has 1 unspecified atom stereocenters. The number of hydrogen-bond acceptors (Lipinski definition) is 3. The molecule has 0 amide bonds. The maximum Gasteiger partial charge on any atom is 0.315 e. The molecule has 0 rings (SSSR count). The zero-order chi connectivity index (χ0) is 6.57. The van der Waals surface area contributed by atoms with Crippen molar-refractivity contribution in [2.45, 2.75) is 0 Å². The van der Waals surface area contributed by atoms with Gasteiger partial charge in [-0.25, -0.2) is 0 Å². The first kappa shape index (κ1) is 7.66. The van der Waals surface area contributed by atoms with Crippen molar-refractivity contribution in [1.29, 1.82) is 0 Å². The Morgan fingerprint density at radius 2 is 2.38 bits per heavy atom. The molecule has 0 bridgehead atoms. The van der Waals surface area contributed by atoms with Crippen molar-refractivity contribution in [1.82, 2.24) is 0 Å². The number of esters is 1. The Hall–Kier alpha value is -0.340. The second-order valence-electron chi connectivity index (χ2n) is 1.15. The number of methoxy groups -OCH3 is 1. The van der Waals surface area contributed by atoms with Gasteiger partial charge in [-0.05, 0) is 0 Å². The molecule has 1 atom stereocenters. The van der Waals surface area contributed by atoms with E-state index in [2.05, 4.69) is 4.74 Å². The highest BCUT2D eigenvalue weighted by molar-refractivity contribution is 7.39. The van der Waals surface area contributed by atoms with E-state index in [0.29, 0.717) is 0 Å². The molecule has 0 aliphatic carbocycles. The molecular weight excluding hydrogens is 131 g/mol. The minimum absolute atomic E-state index is 0.374. The van der Waals surface area contributed by atoms with Gasteiger partial charge in [-0.1, -0.05) is 0 Å². The van der Waals surface area contributed by atoms with Crippen molar-refractivity contribution < 1.29 is 19.0 Å². The van der Waals surface area contributed by atoms with Gasteiger partial charge in [0.05, 0.1) is 7.11 Å². The fourth-order valence-corrected chi connectivity index (χ4v) is 0.587. The minimum atomic E-state index is -2.67. The molecule has 0 aromatic carbocycles. The van der Waals surface area contributed by atoms with Gasteiger partial charge in [-0.2, -0.15) is 0 Å². The second-order valence-corrected chi connectivity index (χ2v) is 2.29. The predicted octanol–water partition coefficient (Wildman–Crippen LogP) is -0.374. The average molecular weight is 138 g/mol. The Morgan fingerprint density at radius 3 is 2.50 bits per heavy atom. The van der Waals surface area contributed by atoms with Crippen LogP contribution in [0.5, 0.6) is 0 Å². The van der Waals surface area contributed by atoms with E-state index in [0.717, 1.165) is 0 Å². The zero-order valence-corrected chi connectivity index (χ0v) is 5.38. The van der Waals surface area contributed by atoms with E-state index in [4.69, 9.17) is 4.89 Å². The molecule has 1 N–H and O–H groups in total. The van der Waals surface area contributed by atoms with Gasteiger partial charge in [0, 0.05) is 0 Å². The molecule has 0 radical (unpaired) electrons. The summed E-state index contributed by atoms with van der Waals surface area (Å²) in [5.74, 6) is -0.642. The number of carbonyl (C=O) groups excluding carboxylic acids is 1. The van der Waals surface area contributed by atoms with Crippen molar-refractivity contribution >= 4 is 14.0 Å². The van der Waals surface area contributed by atoms with Crippen molar-refractivity contribution in [3.63, 3.8) is 0 Å².